The molecule has 1 aromatic carbocycles. The van der Waals surface area contributed by atoms with Crippen molar-refractivity contribution < 1.29 is 16.8 Å². The van der Waals surface area contributed by atoms with Crippen molar-refractivity contribution in [3.8, 4) is 0 Å². The average molecular weight is 332 g/mol. The number of nitrogen functional groups attached to an aromatic ring is 1. The molecule has 1 aromatic rings. The molecule has 0 aliphatic heterocycles. The van der Waals surface area contributed by atoms with Crippen molar-refractivity contribution >= 4 is 25.5 Å². The van der Waals surface area contributed by atoms with E-state index in [-0.39, 0.29) is 21.5 Å². The molecular formula is C13H20N2O4S2. The van der Waals surface area contributed by atoms with Gasteiger partial charge in [0.15, 0.2) is 9.84 Å². The van der Waals surface area contributed by atoms with E-state index < -0.39 is 19.9 Å². The first kappa shape index (κ1) is 16.3. The second-order valence-electron chi connectivity index (χ2n) is 5.43. The van der Waals surface area contributed by atoms with E-state index in [2.05, 4.69) is 0 Å². The standard InChI is InChI=1S/C13H20N2O4S2/c1-15(10-5-3-4-6-10)21(18,19)13-9-11(20(2,16)17)7-8-12(13)14/h7-10H,3-6,14H2,1-2H3. The van der Waals surface area contributed by atoms with Crippen LogP contribution in [-0.4, -0.2) is 40.5 Å². The van der Waals surface area contributed by atoms with Crippen LogP contribution in [0.4, 0.5) is 5.69 Å². The maximum absolute atomic E-state index is 12.7. The first-order chi connectivity index (χ1) is 9.64. The molecule has 0 bridgehead atoms. The van der Waals surface area contributed by atoms with Gasteiger partial charge in [0.25, 0.3) is 0 Å². The predicted molar refractivity (Wildman–Crippen MR) is 81.2 cm³/mol. The molecule has 2 N–H and O–H groups in total. The summed E-state index contributed by atoms with van der Waals surface area (Å²) in [7, 11) is -5.75. The molecule has 0 aromatic heterocycles. The number of nitrogens with two attached hydrogens (primary N) is 1. The van der Waals surface area contributed by atoms with E-state index in [0.717, 1.165) is 38.0 Å². The van der Waals surface area contributed by atoms with E-state index in [1.165, 1.54) is 23.5 Å². The highest BCUT2D eigenvalue weighted by Crippen LogP contribution is 2.30. The van der Waals surface area contributed by atoms with Gasteiger partial charge < -0.3 is 5.73 Å². The van der Waals surface area contributed by atoms with Gasteiger partial charge in [-0.05, 0) is 31.0 Å². The summed E-state index contributed by atoms with van der Waals surface area (Å²) in [5, 5.41) is 0. The first-order valence-electron chi connectivity index (χ1n) is 6.71. The number of sulfone groups is 1. The van der Waals surface area contributed by atoms with Crippen molar-refractivity contribution in [2.75, 3.05) is 19.0 Å². The van der Waals surface area contributed by atoms with E-state index in [4.69, 9.17) is 5.73 Å². The highest BCUT2D eigenvalue weighted by molar-refractivity contribution is 7.91. The van der Waals surface area contributed by atoms with Crippen LogP contribution < -0.4 is 5.73 Å². The zero-order valence-electron chi connectivity index (χ0n) is 12.1. The molecular weight excluding hydrogens is 312 g/mol. The van der Waals surface area contributed by atoms with Gasteiger partial charge in [0.2, 0.25) is 10.0 Å². The van der Waals surface area contributed by atoms with Crippen LogP contribution in [0.15, 0.2) is 28.0 Å². The van der Waals surface area contributed by atoms with E-state index in [1.54, 1.807) is 0 Å². The van der Waals surface area contributed by atoms with Crippen molar-refractivity contribution in [3.63, 3.8) is 0 Å². The number of rotatable bonds is 4. The van der Waals surface area contributed by atoms with Crippen LogP contribution >= 0.6 is 0 Å². The van der Waals surface area contributed by atoms with Crippen LogP contribution in [-0.2, 0) is 19.9 Å². The van der Waals surface area contributed by atoms with Gasteiger partial charge in [-0.3, -0.25) is 0 Å². The summed E-state index contributed by atoms with van der Waals surface area (Å²) in [6.07, 6.45) is 4.69. The highest BCUT2D eigenvalue weighted by atomic mass is 32.2. The van der Waals surface area contributed by atoms with E-state index in [0.29, 0.717) is 0 Å². The SMILES string of the molecule is CN(C1CCCC1)S(=O)(=O)c1cc(S(C)(=O)=O)ccc1N. The average Bonchev–Trinajstić information content (AvgIpc) is 2.90. The van der Waals surface area contributed by atoms with Gasteiger partial charge >= 0.3 is 0 Å². The van der Waals surface area contributed by atoms with Crippen LogP contribution in [0.5, 0.6) is 0 Å². The Bertz CT molecular complexity index is 735. The lowest BCUT2D eigenvalue weighted by atomic mass is 10.3. The van der Waals surface area contributed by atoms with Gasteiger partial charge in [-0.1, -0.05) is 12.8 Å². The van der Waals surface area contributed by atoms with Crippen molar-refractivity contribution in [1.29, 1.82) is 0 Å². The van der Waals surface area contributed by atoms with E-state index in [1.807, 2.05) is 0 Å². The molecule has 2 rings (SSSR count). The molecule has 0 atom stereocenters. The Hall–Kier alpha value is -1.12. The normalized spacial score (nSPS) is 17.5. The Labute approximate surface area is 125 Å². The van der Waals surface area contributed by atoms with E-state index >= 15 is 0 Å². The fraction of sp³-hybridized carbons (Fsp3) is 0.538. The summed E-state index contributed by atoms with van der Waals surface area (Å²) < 4.78 is 49.9. The smallest absolute Gasteiger partial charge is 0.245 e. The molecule has 0 heterocycles. The highest BCUT2D eigenvalue weighted by Gasteiger charge is 2.31. The summed E-state index contributed by atoms with van der Waals surface area (Å²) in [5.41, 5.74) is 5.82. The quantitative estimate of drug-likeness (QED) is 0.837. The third-order valence-corrected chi connectivity index (χ3v) is 6.99. The van der Waals surface area contributed by atoms with Gasteiger partial charge in [0, 0.05) is 19.3 Å². The molecule has 0 unspecified atom stereocenters. The van der Waals surface area contributed by atoms with Crippen molar-refractivity contribution in [2.45, 2.75) is 41.5 Å². The fourth-order valence-corrected chi connectivity index (χ4v) is 4.87. The maximum atomic E-state index is 12.7. The largest absolute Gasteiger partial charge is 0.398 e. The Morgan fingerprint density at radius 1 is 1.14 bits per heavy atom. The molecule has 1 aliphatic carbocycles. The summed E-state index contributed by atoms with van der Waals surface area (Å²) in [6.45, 7) is 0. The lowest BCUT2D eigenvalue weighted by molar-refractivity contribution is 0.373. The van der Waals surface area contributed by atoms with Crippen LogP contribution in [0, 0.1) is 0 Å². The van der Waals surface area contributed by atoms with Crippen LogP contribution in [0.1, 0.15) is 25.7 Å². The molecule has 1 fully saturated rings. The molecule has 1 aliphatic rings. The predicted octanol–water partition coefficient (Wildman–Crippen LogP) is 1.24. The summed E-state index contributed by atoms with van der Waals surface area (Å²) in [4.78, 5) is -0.185. The topological polar surface area (TPSA) is 97.5 Å². The maximum Gasteiger partial charge on any atom is 0.245 e. The lowest BCUT2D eigenvalue weighted by Gasteiger charge is -2.24. The molecule has 21 heavy (non-hydrogen) atoms. The second-order valence-corrected chi connectivity index (χ2v) is 9.41. The Morgan fingerprint density at radius 2 is 1.71 bits per heavy atom. The molecule has 118 valence electrons. The zero-order valence-corrected chi connectivity index (χ0v) is 13.7. The van der Waals surface area contributed by atoms with Crippen molar-refractivity contribution in [1.82, 2.24) is 4.31 Å². The number of hydrogen-bond acceptors (Lipinski definition) is 5. The zero-order chi connectivity index (χ0) is 15.8. The summed E-state index contributed by atoms with van der Waals surface area (Å²) in [6, 6.07) is 3.74. The van der Waals surface area contributed by atoms with Crippen LogP contribution in [0.25, 0.3) is 0 Å². The van der Waals surface area contributed by atoms with Gasteiger partial charge in [-0.15, -0.1) is 0 Å². The van der Waals surface area contributed by atoms with Gasteiger partial charge in [-0.25, -0.2) is 16.8 Å². The third kappa shape index (κ3) is 3.22. The molecule has 0 amide bonds. The number of benzene rings is 1. The molecule has 0 saturated heterocycles. The molecule has 1 saturated carbocycles. The van der Waals surface area contributed by atoms with Gasteiger partial charge in [0.05, 0.1) is 10.6 Å². The molecule has 6 nitrogen and oxygen atoms in total. The minimum absolute atomic E-state index is 0.0451. The minimum Gasteiger partial charge on any atom is -0.398 e. The van der Waals surface area contributed by atoms with Gasteiger partial charge in [0.1, 0.15) is 4.90 Å². The number of nitrogens with zero attached hydrogens (tertiary/aromatic N) is 1. The van der Waals surface area contributed by atoms with Crippen molar-refractivity contribution in [3.05, 3.63) is 18.2 Å². The Morgan fingerprint density at radius 3 is 2.24 bits per heavy atom. The summed E-state index contributed by atoms with van der Waals surface area (Å²) >= 11 is 0. The number of anilines is 1. The van der Waals surface area contributed by atoms with Crippen molar-refractivity contribution in [2.24, 2.45) is 0 Å². The molecule has 0 radical (unpaired) electrons. The Kier molecular flexibility index (Phi) is 4.32. The fourth-order valence-electron chi connectivity index (χ4n) is 2.59. The number of sulfonamides is 1. The Balaban J connectivity index is 2.48. The summed E-state index contributed by atoms with van der Waals surface area (Å²) in [5.74, 6) is 0. The van der Waals surface area contributed by atoms with Crippen LogP contribution in [0.3, 0.4) is 0 Å². The molecule has 0 spiro atoms. The molecule has 8 heteroatoms. The number of hydrogen-bond donors (Lipinski definition) is 1. The minimum atomic E-state index is -3.79. The lowest BCUT2D eigenvalue weighted by Crippen LogP contribution is -2.35. The van der Waals surface area contributed by atoms with Gasteiger partial charge in [-0.2, -0.15) is 4.31 Å². The first-order valence-corrected chi connectivity index (χ1v) is 10.0. The second kappa shape index (κ2) is 5.58. The third-order valence-electron chi connectivity index (χ3n) is 3.91. The monoisotopic (exact) mass is 332 g/mol. The van der Waals surface area contributed by atoms with E-state index in [9.17, 15) is 16.8 Å². The van der Waals surface area contributed by atoms with Crippen LogP contribution in [0.2, 0.25) is 0 Å².